The molecule has 0 fully saturated rings. The minimum atomic E-state index is -4.10. The second kappa shape index (κ2) is 9.34. The Hall–Kier alpha value is -2.64. The lowest BCUT2D eigenvalue weighted by Gasteiger charge is -2.15. The summed E-state index contributed by atoms with van der Waals surface area (Å²) in [6.07, 6.45) is 8.45. The van der Waals surface area contributed by atoms with Gasteiger partial charge in [-0.1, -0.05) is 39.0 Å². The van der Waals surface area contributed by atoms with Crippen LogP contribution in [0.25, 0.3) is 10.4 Å². The van der Waals surface area contributed by atoms with Gasteiger partial charge in [0.15, 0.2) is 0 Å². The van der Waals surface area contributed by atoms with E-state index in [1.807, 2.05) is 0 Å². The number of rotatable bonds is 10. The summed E-state index contributed by atoms with van der Waals surface area (Å²) >= 11 is 0. The predicted molar refractivity (Wildman–Crippen MR) is 101 cm³/mol. The second-order valence-electron chi connectivity index (χ2n) is 6.31. The zero-order chi connectivity index (χ0) is 19.9. The summed E-state index contributed by atoms with van der Waals surface area (Å²) in [5.74, 6) is -0.814. The molecular weight excluding hydrogens is 368 g/mol. The van der Waals surface area contributed by atoms with Crippen LogP contribution in [0.15, 0.2) is 45.3 Å². The van der Waals surface area contributed by atoms with Crippen LogP contribution in [-0.2, 0) is 19.6 Å². The Balaban J connectivity index is 2.01. The Morgan fingerprint density at radius 2 is 1.67 bits per heavy atom. The number of amides is 2. The first kappa shape index (κ1) is 20.7. The number of hydrogen-bond acceptors (Lipinski definition) is 4. The van der Waals surface area contributed by atoms with E-state index in [1.54, 1.807) is 0 Å². The van der Waals surface area contributed by atoms with Crippen LogP contribution >= 0.6 is 0 Å². The van der Waals surface area contributed by atoms with E-state index in [1.165, 1.54) is 49.6 Å². The van der Waals surface area contributed by atoms with E-state index in [4.69, 9.17) is 5.53 Å². The Morgan fingerprint density at radius 3 is 2.30 bits per heavy atom. The number of unbranched alkanes of at least 4 members (excludes halogenated alkanes) is 5. The molecule has 0 saturated carbocycles. The van der Waals surface area contributed by atoms with Gasteiger partial charge in [0.05, 0.1) is 10.6 Å². The zero-order valence-corrected chi connectivity index (χ0v) is 16.0. The third-order valence-electron chi connectivity index (χ3n) is 4.33. The van der Waals surface area contributed by atoms with Gasteiger partial charge in [0, 0.05) is 21.1 Å². The molecule has 0 N–H and O–H groups in total. The van der Waals surface area contributed by atoms with Gasteiger partial charge < -0.3 is 0 Å². The maximum atomic E-state index is 12.5. The third kappa shape index (κ3) is 5.18. The fourth-order valence-corrected chi connectivity index (χ4v) is 3.57. The second-order valence-corrected chi connectivity index (χ2v) is 7.89. The van der Waals surface area contributed by atoms with E-state index in [-0.39, 0.29) is 16.5 Å². The minimum Gasteiger partial charge on any atom is -0.269 e. The highest BCUT2D eigenvalue weighted by Crippen LogP contribution is 2.27. The van der Waals surface area contributed by atoms with Crippen LogP contribution in [0.4, 0.5) is 5.69 Å². The summed E-state index contributed by atoms with van der Waals surface area (Å²) in [7, 11) is -4.10. The largest absolute Gasteiger partial charge is 0.269 e. The van der Waals surface area contributed by atoms with Crippen molar-refractivity contribution in [2.45, 2.75) is 56.8 Å². The Bertz CT molecular complexity index is 884. The number of azide groups is 1. The smallest absolute Gasteiger partial charge is 0.264 e. The molecule has 0 spiro atoms. The first-order valence-corrected chi connectivity index (χ1v) is 10.3. The van der Waals surface area contributed by atoms with Crippen molar-refractivity contribution in [3.63, 3.8) is 0 Å². The molecule has 1 aromatic rings. The van der Waals surface area contributed by atoms with Crippen LogP contribution in [0.1, 0.15) is 51.9 Å². The van der Waals surface area contributed by atoms with Crippen molar-refractivity contribution in [3.05, 3.63) is 46.4 Å². The van der Waals surface area contributed by atoms with Gasteiger partial charge in [0.1, 0.15) is 0 Å². The molecule has 0 saturated heterocycles. The highest BCUT2D eigenvalue weighted by Gasteiger charge is 2.31. The first-order valence-electron chi connectivity index (χ1n) is 8.91. The zero-order valence-electron chi connectivity index (χ0n) is 15.2. The number of imide groups is 1. The average Bonchev–Trinajstić information content (AvgIpc) is 2.92. The van der Waals surface area contributed by atoms with Gasteiger partial charge in [-0.2, -0.15) is 0 Å². The molecular formula is C18H22N4O4S. The monoisotopic (exact) mass is 390 g/mol. The van der Waals surface area contributed by atoms with Crippen molar-refractivity contribution >= 4 is 27.5 Å². The van der Waals surface area contributed by atoms with Crippen LogP contribution in [0.3, 0.4) is 0 Å². The normalized spacial score (nSPS) is 14.3. The summed E-state index contributed by atoms with van der Waals surface area (Å²) in [5, 5.41) is 0. The van der Waals surface area contributed by atoms with E-state index in [0.29, 0.717) is 12.0 Å². The first-order chi connectivity index (χ1) is 12.9. The number of sulfonamides is 1. The third-order valence-corrected chi connectivity index (χ3v) is 5.49. The quantitative estimate of drug-likeness (QED) is 0.195. The molecule has 0 atom stereocenters. The van der Waals surface area contributed by atoms with Crippen molar-refractivity contribution in [1.82, 2.24) is 0 Å². The highest BCUT2D eigenvalue weighted by atomic mass is 32.2. The van der Waals surface area contributed by atoms with Gasteiger partial charge in [0.25, 0.3) is 21.8 Å². The molecule has 2 rings (SSSR count). The van der Waals surface area contributed by atoms with Crippen LogP contribution in [0.5, 0.6) is 0 Å². The fraction of sp³-hybridized carbons (Fsp3) is 0.444. The predicted octanol–water partition coefficient (Wildman–Crippen LogP) is 4.24. The van der Waals surface area contributed by atoms with Crippen molar-refractivity contribution in [3.8, 4) is 0 Å². The van der Waals surface area contributed by atoms with Gasteiger partial charge in [-0.15, -0.1) is 0 Å². The molecule has 0 bridgehead atoms. The summed E-state index contributed by atoms with van der Waals surface area (Å²) in [6.45, 7) is 2.15. The molecule has 1 aromatic carbocycles. The lowest BCUT2D eigenvalue weighted by molar-refractivity contribution is -0.120. The average molecular weight is 390 g/mol. The summed E-state index contributed by atoms with van der Waals surface area (Å²) < 4.78 is 26.1. The van der Waals surface area contributed by atoms with Crippen molar-refractivity contribution < 1.29 is 18.0 Å². The molecule has 8 nitrogen and oxygen atoms in total. The number of nitrogens with zero attached hydrogens (tertiary/aromatic N) is 4. The van der Waals surface area contributed by atoms with Crippen molar-refractivity contribution in [1.29, 1.82) is 0 Å². The summed E-state index contributed by atoms with van der Waals surface area (Å²) in [6, 6.07) is 5.09. The number of benzene rings is 1. The number of hydrogen-bond donors (Lipinski definition) is 0. The van der Waals surface area contributed by atoms with E-state index in [2.05, 4.69) is 16.4 Å². The molecule has 0 radical (unpaired) electrons. The number of anilines is 1. The van der Waals surface area contributed by atoms with Crippen molar-refractivity contribution in [2.24, 2.45) is 4.52 Å². The van der Waals surface area contributed by atoms with E-state index < -0.39 is 15.9 Å². The van der Waals surface area contributed by atoms with Crippen LogP contribution in [0, 0.1) is 0 Å². The van der Waals surface area contributed by atoms with Gasteiger partial charge in [-0.05, 0) is 42.6 Å². The van der Waals surface area contributed by atoms with E-state index in [0.717, 1.165) is 24.2 Å². The lowest BCUT2D eigenvalue weighted by Crippen LogP contribution is -2.30. The van der Waals surface area contributed by atoms with E-state index >= 15 is 0 Å². The van der Waals surface area contributed by atoms with E-state index in [9.17, 15) is 18.0 Å². The molecule has 144 valence electrons. The van der Waals surface area contributed by atoms with Gasteiger partial charge in [-0.3, -0.25) is 9.59 Å². The van der Waals surface area contributed by atoms with Crippen LogP contribution in [-0.4, -0.2) is 20.2 Å². The highest BCUT2D eigenvalue weighted by molar-refractivity contribution is 7.90. The Kier molecular flexibility index (Phi) is 7.15. The Morgan fingerprint density at radius 1 is 1.04 bits per heavy atom. The molecule has 27 heavy (non-hydrogen) atoms. The van der Waals surface area contributed by atoms with Crippen LogP contribution in [0.2, 0.25) is 0 Å². The summed E-state index contributed by atoms with van der Waals surface area (Å²) in [4.78, 5) is 27.8. The van der Waals surface area contributed by atoms with Gasteiger partial charge >= 0.3 is 0 Å². The number of carbonyl (C=O) groups excluding carboxylic acids is 2. The molecule has 1 heterocycles. The lowest BCUT2D eigenvalue weighted by atomic mass is 10.1. The number of carbonyl (C=O) groups is 2. The van der Waals surface area contributed by atoms with Gasteiger partial charge in [-0.25, -0.2) is 13.3 Å². The molecule has 1 aliphatic rings. The molecule has 1 aliphatic heterocycles. The SMILES string of the molecule is CCCCCCCCC1=CC(=O)N(c2ccc(S(=O)(=O)N=[N+]=[N-])cc2)C1=O. The molecule has 0 unspecified atom stereocenters. The van der Waals surface area contributed by atoms with Crippen molar-refractivity contribution in [2.75, 3.05) is 4.90 Å². The topological polar surface area (TPSA) is 120 Å². The molecule has 2 amide bonds. The minimum absolute atomic E-state index is 0.205. The maximum absolute atomic E-state index is 12.5. The fourth-order valence-electron chi connectivity index (χ4n) is 2.90. The molecule has 9 heteroatoms. The maximum Gasteiger partial charge on any atom is 0.264 e. The molecule has 0 aliphatic carbocycles. The van der Waals surface area contributed by atoms with Crippen LogP contribution < -0.4 is 4.90 Å². The Labute approximate surface area is 158 Å². The standard InChI is InChI=1S/C18H22N4O4S/c1-2-3-4-5-6-7-8-14-13-17(23)22(18(14)24)15-9-11-16(12-10-15)27(25,26)21-20-19/h9-13H,2-8H2,1H3. The van der Waals surface area contributed by atoms with Gasteiger partial charge in [0.2, 0.25) is 0 Å². The summed E-state index contributed by atoms with van der Waals surface area (Å²) in [5.41, 5.74) is 9.05. The molecule has 0 aromatic heterocycles.